The molecule has 0 aliphatic heterocycles. The number of nitrogens with zero attached hydrogens (tertiary/aromatic N) is 2. The van der Waals surface area contributed by atoms with Crippen molar-refractivity contribution in [2.75, 3.05) is 25.1 Å². The van der Waals surface area contributed by atoms with Gasteiger partial charge in [0.25, 0.3) is 10.0 Å². The number of carbonyl (C=O) groups is 2. The lowest BCUT2D eigenvalue weighted by molar-refractivity contribution is -0.140. The standard InChI is InChI=1S/C37H42ClN3O6S/c1-26-12-19-31(20-13-26)48(44,45)41(30-18-21-33(46-5)34(23-30)47-6)25-35(42)40(24-28-14-16-29(38)17-15-28)32(36(43)39-37(2,3)4)22-27-10-8-7-9-11-27/h7-21,23,32H,22,24-25H2,1-6H3,(H,39,43)/t32-/m1/s1. The number of nitrogens with one attached hydrogen (secondary N) is 1. The first kappa shape index (κ1) is 36.3. The van der Waals surface area contributed by atoms with Gasteiger partial charge in [-0.25, -0.2) is 8.42 Å². The lowest BCUT2D eigenvalue weighted by Crippen LogP contribution is -2.56. The Morgan fingerprint density at radius 3 is 2.04 bits per heavy atom. The molecule has 4 aromatic rings. The third kappa shape index (κ3) is 9.29. The first-order valence-electron chi connectivity index (χ1n) is 15.4. The van der Waals surface area contributed by atoms with Crippen LogP contribution in [0.1, 0.15) is 37.5 Å². The van der Waals surface area contributed by atoms with Crippen LogP contribution in [0.4, 0.5) is 5.69 Å². The number of amides is 2. The molecule has 0 heterocycles. The molecule has 1 atom stereocenters. The van der Waals surface area contributed by atoms with Crippen molar-refractivity contribution in [2.24, 2.45) is 0 Å². The van der Waals surface area contributed by atoms with E-state index < -0.39 is 34.1 Å². The molecular weight excluding hydrogens is 650 g/mol. The molecule has 4 aromatic carbocycles. The summed E-state index contributed by atoms with van der Waals surface area (Å²) in [5.41, 5.74) is 2.02. The van der Waals surface area contributed by atoms with Crippen LogP contribution in [-0.2, 0) is 32.6 Å². The van der Waals surface area contributed by atoms with Gasteiger partial charge >= 0.3 is 0 Å². The van der Waals surface area contributed by atoms with Crippen LogP contribution >= 0.6 is 11.6 Å². The Morgan fingerprint density at radius 1 is 0.833 bits per heavy atom. The molecule has 0 spiro atoms. The average Bonchev–Trinajstić information content (AvgIpc) is 3.05. The van der Waals surface area contributed by atoms with Crippen molar-refractivity contribution in [1.82, 2.24) is 10.2 Å². The molecule has 0 radical (unpaired) electrons. The number of halogens is 1. The minimum atomic E-state index is -4.28. The lowest BCUT2D eigenvalue weighted by Gasteiger charge is -2.35. The van der Waals surface area contributed by atoms with Gasteiger partial charge in [-0.05, 0) is 75.2 Å². The Hall–Kier alpha value is -4.54. The van der Waals surface area contributed by atoms with E-state index in [0.29, 0.717) is 16.3 Å². The van der Waals surface area contributed by atoms with Crippen molar-refractivity contribution in [3.63, 3.8) is 0 Å². The molecule has 0 unspecified atom stereocenters. The quantitative estimate of drug-likeness (QED) is 0.174. The molecule has 11 heteroatoms. The predicted molar refractivity (Wildman–Crippen MR) is 189 cm³/mol. The van der Waals surface area contributed by atoms with Gasteiger partial charge in [-0.3, -0.25) is 13.9 Å². The highest BCUT2D eigenvalue weighted by Crippen LogP contribution is 2.34. The van der Waals surface area contributed by atoms with Gasteiger partial charge in [0.2, 0.25) is 11.8 Å². The molecule has 1 N–H and O–H groups in total. The molecular formula is C37H42ClN3O6S. The maximum absolute atomic E-state index is 14.7. The summed E-state index contributed by atoms with van der Waals surface area (Å²) in [6, 6.07) is 26.4. The highest BCUT2D eigenvalue weighted by Gasteiger charge is 2.36. The molecule has 0 aliphatic rings. The maximum Gasteiger partial charge on any atom is 0.264 e. The third-order valence-corrected chi connectivity index (χ3v) is 9.62. The smallest absolute Gasteiger partial charge is 0.264 e. The van der Waals surface area contributed by atoms with Crippen LogP contribution in [-0.4, -0.2) is 57.5 Å². The van der Waals surface area contributed by atoms with E-state index in [1.54, 1.807) is 48.5 Å². The number of aryl methyl sites for hydroxylation is 1. The second kappa shape index (κ2) is 15.6. The number of methoxy groups -OCH3 is 2. The molecule has 0 aliphatic carbocycles. The molecule has 0 bridgehead atoms. The molecule has 4 rings (SSSR count). The van der Waals surface area contributed by atoms with Gasteiger partial charge in [0.1, 0.15) is 12.6 Å². The van der Waals surface area contributed by atoms with E-state index in [1.807, 2.05) is 58.0 Å². The Kier molecular flexibility index (Phi) is 11.8. The van der Waals surface area contributed by atoms with Crippen LogP contribution in [0.2, 0.25) is 5.02 Å². The summed E-state index contributed by atoms with van der Waals surface area (Å²) >= 11 is 6.17. The summed E-state index contributed by atoms with van der Waals surface area (Å²) in [5, 5.41) is 3.55. The second-order valence-corrected chi connectivity index (χ2v) is 14.8. The Bertz CT molecular complexity index is 1810. The fraction of sp³-hybridized carbons (Fsp3) is 0.297. The number of ether oxygens (including phenoxy) is 2. The van der Waals surface area contributed by atoms with Crippen molar-refractivity contribution in [2.45, 2.75) is 57.1 Å². The summed E-state index contributed by atoms with van der Waals surface area (Å²) in [6.07, 6.45) is 0.198. The van der Waals surface area contributed by atoms with Crippen molar-refractivity contribution in [3.8, 4) is 11.5 Å². The predicted octanol–water partition coefficient (Wildman–Crippen LogP) is 6.42. The highest BCUT2D eigenvalue weighted by molar-refractivity contribution is 7.92. The summed E-state index contributed by atoms with van der Waals surface area (Å²) in [6.45, 7) is 6.87. The van der Waals surface area contributed by atoms with Crippen molar-refractivity contribution < 1.29 is 27.5 Å². The monoisotopic (exact) mass is 691 g/mol. The third-order valence-electron chi connectivity index (χ3n) is 7.58. The molecule has 9 nitrogen and oxygen atoms in total. The Morgan fingerprint density at radius 2 is 1.46 bits per heavy atom. The Balaban J connectivity index is 1.85. The van der Waals surface area contributed by atoms with Gasteiger partial charge in [-0.2, -0.15) is 0 Å². The van der Waals surface area contributed by atoms with Gasteiger partial charge in [0.15, 0.2) is 11.5 Å². The number of carbonyl (C=O) groups excluding carboxylic acids is 2. The van der Waals surface area contributed by atoms with E-state index >= 15 is 0 Å². The summed E-state index contributed by atoms with van der Waals surface area (Å²) < 4.78 is 40.5. The van der Waals surface area contributed by atoms with E-state index in [9.17, 15) is 18.0 Å². The van der Waals surface area contributed by atoms with Gasteiger partial charge in [0.05, 0.1) is 24.8 Å². The summed E-state index contributed by atoms with van der Waals surface area (Å²) in [7, 11) is -1.36. The van der Waals surface area contributed by atoms with Crippen LogP contribution in [0.25, 0.3) is 0 Å². The first-order valence-corrected chi connectivity index (χ1v) is 17.2. The zero-order chi connectivity index (χ0) is 35.1. The van der Waals surface area contributed by atoms with Gasteiger partial charge in [0, 0.05) is 29.6 Å². The minimum absolute atomic E-state index is 0.00578. The van der Waals surface area contributed by atoms with Crippen LogP contribution in [0.15, 0.2) is 102 Å². The molecule has 0 saturated heterocycles. The van der Waals surface area contributed by atoms with E-state index in [2.05, 4.69) is 5.32 Å². The van der Waals surface area contributed by atoms with Gasteiger partial charge in [-0.15, -0.1) is 0 Å². The zero-order valence-corrected chi connectivity index (χ0v) is 29.6. The minimum Gasteiger partial charge on any atom is -0.493 e. The van der Waals surface area contributed by atoms with Crippen LogP contribution < -0.4 is 19.1 Å². The first-order chi connectivity index (χ1) is 22.7. The van der Waals surface area contributed by atoms with E-state index in [1.165, 1.54) is 37.3 Å². The molecule has 48 heavy (non-hydrogen) atoms. The van der Waals surface area contributed by atoms with E-state index in [4.69, 9.17) is 21.1 Å². The lowest BCUT2D eigenvalue weighted by atomic mass is 10.0. The molecule has 0 aromatic heterocycles. The molecule has 254 valence electrons. The number of anilines is 1. The number of hydrogen-bond acceptors (Lipinski definition) is 6. The largest absolute Gasteiger partial charge is 0.493 e. The summed E-state index contributed by atoms with van der Waals surface area (Å²) in [5.74, 6) is -0.268. The van der Waals surface area contributed by atoms with Crippen LogP contribution in [0, 0.1) is 6.92 Å². The molecule has 2 amide bonds. The van der Waals surface area contributed by atoms with Crippen molar-refractivity contribution in [1.29, 1.82) is 0 Å². The van der Waals surface area contributed by atoms with Crippen LogP contribution in [0.5, 0.6) is 11.5 Å². The number of rotatable bonds is 13. The zero-order valence-electron chi connectivity index (χ0n) is 28.1. The van der Waals surface area contributed by atoms with E-state index in [0.717, 1.165) is 15.4 Å². The van der Waals surface area contributed by atoms with Crippen molar-refractivity contribution in [3.05, 3.63) is 119 Å². The Labute approximate surface area is 288 Å². The second-order valence-electron chi connectivity index (χ2n) is 12.5. The van der Waals surface area contributed by atoms with E-state index in [-0.39, 0.29) is 35.2 Å². The highest BCUT2D eigenvalue weighted by atomic mass is 35.5. The molecule has 0 fully saturated rings. The maximum atomic E-state index is 14.7. The van der Waals surface area contributed by atoms with Gasteiger partial charge < -0.3 is 19.7 Å². The molecule has 0 saturated carbocycles. The fourth-order valence-corrected chi connectivity index (χ4v) is 6.67. The normalized spacial score (nSPS) is 12.1. The topological polar surface area (TPSA) is 105 Å². The SMILES string of the molecule is COc1ccc(N(CC(=O)N(Cc2ccc(Cl)cc2)[C@H](Cc2ccccc2)C(=O)NC(C)(C)C)S(=O)(=O)c2ccc(C)cc2)cc1OC. The van der Waals surface area contributed by atoms with Gasteiger partial charge in [-0.1, -0.05) is 71.8 Å². The number of hydrogen-bond donors (Lipinski definition) is 1. The number of sulfonamides is 1. The summed E-state index contributed by atoms with van der Waals surface area (Å²) in [4.78, 5) is 30.1. The van der Waals surface area contributed by atoms with Crippen molar-refractivity contribution >= 4 is 39.1 Å². The van der Waals surface area contributed by atoms with Crippen LogP contribution in [0.3, 0.4) is 0 Å². The fourth-order valence-electron chi connectivity index (χ4n) is 5.14. The average molecular weight is 692 g/mol. The number of benzene rings is 4.